The third-order valence-electron chi connectivity index (χ3n) is 5.85. The number of likely N-dealkylation sites (tertiary alicyclic amines) is 1. The summed E-state index contributed by atoms with van der Waals surface area (Å²) in [6.45, 7) is 8.44. The van der Waals surface area contributed by atoms with Crippen LogP contribution in [0.1, 0.15) is 46.5 Å². The second kappa shape index (κ2) is 7.70. The Balaban J connectivity index is 2.13. The molecule has 0 spiro atoms. The van der Waals surface area contributed by atoms with E-state index in [1.807, 2.05) is 0 Å². The number of alkyl halides is 3. The van der Waals surface area contributed by atoms with Gasteiger partial charge in [-0.15, -0.1) is 0 Å². The van der Waals surface area contributed by atoms with E-state index in [0.29, 0.717) is 24.3 Å². The van der Waals surface area contributed by atoms with E-state index < -0.39 is 12.1 Å². The molecule has 4 unspecified atom stereocenters. The Morgan fingerprint density at radius 1 is 1.13 bits per heavy atom. The van der Waals surface area contributed by atoms with Gasteiger partial charge in [0, 0.05) is 18.5 Å². The highest BCUT2D eigenvalue weighted by molar-refractivity contribution is 4.92. The van der Waals surface area contributed by atoms with Gasteiger partial charge in [-0.25, -0.2) is 18.2 Å². The molecule has 2 rings (SSSR count). The van der Waals surface area contributed by atoms with E-state index in [9.17, 15) is 13.2 Å². The molecule has 0 aromatic heterocycles. The molecular formula is C17H32F3N3. The summed E-state index contributed by atoms with van der Waals surface area (Å²) in [7, 11) is 1.71. The van der Waals surface area contributed by atoms with E-state index in [1.165, 1.54) is 0 Å². The minimum Gasteiger partial charge on any atom is -0.301 e. The third-order valence-corrected chi connectivity index (χ3v) is 5.85. The van der Waals surface area contributed by atoms with Crippen LogP contribution in [0, 0.1) is 11.8 Å². The zero-order chi connectivity index (χ0) is 17.2. The molecule has 23 heavy (non-hydrogen) atoms. The Morgan fingerprint density at radius 2 is 1.78 bits per heavy atom. The van der Waals surface area contributed by atoms with Crippen molar-refractivity contribution >= 4 is 0 Å². The first kappa shape index (κ1) is 19.0. The molecule has 136 valence electrons. The topological polar surface area (TPSA) is 18.5 Å². The Bertz CT molecular complexity index is 378. The molecule has 2 fully saturated rings. The first-order valence-corrected chi connectivity index (χ1v) is 8.96. The molecule has 4 atom stereocenters. The van der Waals surface area contributed by atoms with Crippen molar-refractivity contribution in [3.8, 4) is 0 Å². The van der Waals surface area contributed by atoms with Gasteiger partial charge in [-0.2, -0.15) is 0 Å². The van der Waals surface area contributed by atoms with Crippen LogP contribution < -0.4 is 5.43 Å². The Morgan fingerprint density at radius 3 is 2.39 bits per heavy atom. The first-order valence-electron chi connectivity index (χ1n) is 8.96. The highest BCUT2D eigenvalue weighted by Gasteiger charge is 2.47. The van der Waals surface area contributed by atoms with Gasteiger partial charge in [0.2, 0.25) is 0 Å². The average molecular weight is 335 g/mol. The molecule has 0 amide bonds. The summed E-state index contributed by atoms with van der Waals surface area (Å²) in [6, 6.07) is 0.490. The summed E-state index contributed by atoms with van der Waals surface area (Å²) in [5, 5.41) is 1.73. The molecule has 0 bridgehead atoms. The van der Waals surface area contributed by atoms with Crippen LogP contribution in [0.3, 0.4) is 0 Å². The standard InChI is InChI=1S/C17H32F3N3/c1-12(2)22-9-6-13(3)14(7-10-22)15-5-8-17(19,20)16(18)11-23(15)21-4/h12-16,21H,5-11H2,1-4H3. The van der Waals surface area contributed by atoms with Crippen LogP contribution in [0.2, 0.25) is 0 Å². The Hall–Kier alpha value is -0.330. The smallest absolute Gasteiger partial charge is 0.280 e. The molecule has 0 aliphatic carbocycles. The second-order valence-electron chi connectivity index (χ2n) is 7.56. The van der Waals surface area contributed by atoms with Crippen LogP contribution in [0.25, 0.3) is 0 Å². The van der Waals surface area contributed by atoms with Gasteiger partial charge in [-0.3, -0.25) is 5.43 Å². The largest absolute Gasteiger partial charge is 0.301 e. The van der Waals surface area contributed by atoms with Gasteiger partial charge in [0.25, 0.3) is 5.92 Å². The maximum absolute atomic E-state index is 13.9. The molecule has 0 radical (unpaired) electrons. The molecule has 6 heteroatoms. The third kappa shape index (κ3) is 4.40. The lowest BCUT2D eigenvalue weighted by atomic mass is 9.81. The molecule has 2 aliphatic heterocycles. The Kier molecular flexibility index (Phi) is 6.36. The fourth-order valence-electron chi connectivity index (χ4n) is 4.18. The van der Waals surface area contributed by atoms with E-state index in [4.69, 9.17) is 0 Å². The summed E-state index contributed by atoms with van der Waals surface area (Å²) in [5.74, 6) is -2.42. The van der Waals surface area contributed by atoms with Crippen LogP contribution in [0.5, 0.6) is 0 Å². The van der Waals surface area contributed by atoms with Crippen molar-refractivity contribution in [1.82, 2.24) is 15.3 Å². The zero-order valence-electron chi connectivity index (χ0n) is 14.9. The molecule has 3 nitrogen and oxygen atoms in total. The van der Waals surface area contributed by atoms with E-state index in [1.54, 1.807) is 12.1 Å². The van der Waals surface area contributed by atoms with Crippen LogP contribution >= 0.6 is 0 Å². The monoisotopic (exact) mass is 335 g/mol. The van der Waals surface area contributed by atoms with E-state index >= 15 is 0 Å². The maximum Gasteiger partial charge on any atom is 0.280 e. The van der Waals surface area contributed by atoms with E-state index in [0.717, 1.165) is 25.9 Å². The second-order valence-corrected chi connectivity index (χ2v) is 7.56. The van der Waals surface area contributed by atoms with Gasteiger partial charge < -0.3 is 4.90 Å². The van der Waals surface area contributed by atoms with Crippen molar-refractivity contribution in [2.75, 3.05) is 26.7 Å². The van der Waals surface area contributed by atoms with Crippen molar-refractivity contribution in [2.45, 2.75) is 70.6 Å². The minimum atomic E-state index is -3.21. The number of hydrazine groups is 1. The van der Waals surface area contributed by atoms with Crippen molar-refractivity contribution in [1.29, 1.82) is 0 Å². The maximum atomic E-state index is 13.9. The van der Waals surface area contributed by atoms with Crippen molar-refractivity contribution in [3.63, 3.8) is 0 Å². The SMILES string of the molecule is CNN1CC(F)C(F)(F)CCC1C1CCN(C(C)C)CCC1C. The molecule has 2 aliphatic rings. The number of nitrogens with one attached hydrogen (secondary N) is 1. The highest BCUT2D eigenvalue weighted by Crippen LogP contribution is 2.38. The number of halogens is 3. The molecular weight excluding hydrogens is 303 g/mol. The van der Waals surface area contributed by atoms with Gasteiger partial charge in [-0.05, 0) is 65.1 Å². The summed E-state index contributed by atoms with van der Waals surface area (Å²) in [5.41, 5.74) is 2.98. The minimum absolute atomic E-state index is 0.0197. The van der Waals surface area contributed by atoms with Crippen LogP contribution in [0.15, 0.2) is 0 Å². The fraction of sp³-hybridized carbons (Fsp3) is 1.00. The molecule has 0 saturated carbocycles. The van der Waals surface area contributed by atoms with Gasteiger partial charge >= 0.3 is 0 Å². The molecule has 1 N–H and O–H groups in total. The predicted molar refractivity (Wildman–Crippen MR) is 87.2 cm³/mol. The van der Waals surface area contributed by atoms with Crippen molar-refractivity contribution in [3.05, 3.63) is 0 Å². The predicted octanol–water partition coefficient (Wildman–Crippen LogP) is 3.32. The fourth-order valence-corrected chi connectivity index (χ4v) is 4.18. The number of nitrogens with zero attached hydrogens (tertiary/aromatic N) is 2. The first-order chi connectivity index (χ1) is 10.8. The van der Waals surface area contributed by atoms with Crippen LogP contribution in [0.4, 0.5) is 13.2 Å². The Labute approximate surface area is 138 Å². The average Bonchev–Trinajstić information content (AvgIpc) is 2.73. The van der Waals surface area contributed by atoms with Crippen LogP contribution in [-0.2, 0) is 0 Å². The summed E-state index contributed by atoms with van der Waals surface area (Å²) >= 11 is 0. The lowest BCUT2D eigenvalue weighted by molar-refractivity contribution is -0.0788. The summed E-state index contributed by atoms with van der Waals surface area (Å²) < 4.78 is 41.5. The molecule has 0 aromatic carbocycles. The van der Waals surface area contributed by atoms with Gasteiger partial charge in [-0.1, -0.05) is 6.92 Å². The van der Waals surface area contributed by atoms with Crippen molar-refractivity contribution < 1.29 is 13.2 Å². The lowest BCUT2D eigenvalue weighted by Crippen LogP contribution is -2.51. The number of hydrogen-bond donors (Lipinski definition) is 1. The van der Waals surface area contributed by atoms with Gasteiger partial charge in [0.15, 0.2) is 6.17 Å². The quantitative estimate of drug-likeness (QED) is 0.854. The van der Waals surface area contributed by atoms with E-state index in [-0.39, 0.29) is 19.0 Å². The van der Waals surface area contributed by atoms with Gasteiger partial charge in [0.05, 0.1) is 6.54 Å². The van der Waals surface area contributed by atoms with Crippen LogP contribution in [-0.4, -0.2) is 60.8 Å². The normalized spacial score (nSPS) is 37.6. The highest BCUT2D eigenvalue weighted by atomic mass is 19.3. The number of hydrogen-bond acceptors (Lipinski definition) is 3. The molecule has 0 aromatic rings. The van der Waals surface area contributed by atoms with E-state index in [2.05, 4.69) is 31.1 Å². The lowest BCUT2D eigenvalue weighted by Gasteiger charge is -2.37. The molecule has 2 heterocycles. The number of rotatable bonds is 3. The zero-order valence-corrected chi connectivity index (χ0v) is 14.9. The van der Waals surface area contributed by atoms with Crippen molar-refractivity contribution in [2.24, 2.45) is 11.8 Å². The summed E-state index contributed by atoms with van der Waals surface area (Å²) in [6.07, 6.45) is -0.0240. The summed E-state index contributed by atoms with van der Waals surface area (Å²) in [4.78, 5) is 2.46. The van der Waals surface area contributed by atoms with Gasteiger partial charge in [0.1, 0.15) is 0 Å². The molecule has 2 saturated heterocycles.